The van der Waals surface area contributed by atoms with Crippen molar-refractivity contribution in [2.75, 3.05) is 31.0 Å². The van der Waals surface area contributed by atoms with Gasteiger partial charge in [-0.05, 0) is 154 Å². The normalized spacial score (nSPS) is 13.8. The second-order valence-corrected chi connectivity index (χ2v) is 20.7. The van der Waals surface area contributed by atoms with Crippen molar-refractivity contribution < 1.29 is 4.74 Å². The average molecular weight is 986 g/mol. The van der Waals surface area contributed by atoms with Crippen LogP contribution in [-0.4, -0.2) is 20.0 Å². The number of anilines is 14. The monoisotopic (exact) mass is 985 g/mol. The first-order valence-corrected chi connectivity index (χ1v) is 26.9. The third kappa shape index (κ3) is 6.71. The molecule has 0 bridgehead atoms. The quantitative estimate of drug-likeness (QED) is 0.141. The van der Waals surface area contributed by atoms with Gasteiger partial charge in [0, 0.05) is 80.9 Å². The fraction of sp³-hybridized carbons (Fsp3) is 0.0435. The molecule has 8 heteroatoms. The largest absolute Gasteiger partial charge is 0.458 e. The Morgan fingerprint density at radius 3 is 1.39 bits per heavy atom. The fourth-order valence-electron chi connectivity index (χ4n) is 13.5. The lowest BCUT2D eigenvalue weighted by Crippen LogP contribution is -2.65. The van der Waals surface area contributed by atoms with Gasteiger partial charge in [-0.15, -0.1) is 0 Å². The van der Waals surface area contributed by atoms with Gasteiger partial charge in [-0.3, -0.25) is 0 Å². The molecule has 0 radical (unpaired) electrons. The lowest BCUT2D eigenvalue weighted by atomic mass is 9.30. The minimum Gasteiger partial charge on any atom is -0.458 e. The summed E-state index contributed by atoms with van der Waals surface area (Å²) in [5.41, 5.74) is 25.3. The van der Waals surface area contributed by atoms with Gasteiger partial charge in [0.05, 0.1) is 11.4 Å². The summed E-state index contributed by atoms with van der Waals surface area (Å²) in [6, 6.07) is 95.4. The summed E-state index contributed by atoms with van der Waals surface area (Å²) in [6.45, 7) is 0.750. The van der Waals surface area contributed by atoms with Crippen LogP contribution in [0.25, 0.3) is 0 Å². The number of para-hydroxylation sites is 8. The van der Waals surface area contributed by atoms with E-state index in [9.17, 15) is 0 Å². The lowest BCUT2D eigenvalue weighted by Gasteiger charge is -2.49. The molecule has 5 aliphatic rings. The predicted molar refractivity (Wildman–Crippen MR) is 323 cm³/mol. The van der Waals surface area contributed by atoms with Gasteiger partial charge in [-0.2, -0.15) is 0 Å². The van der Waals surface area contributed by atoms with E-state index in [2.05, 4.69) is 285 Å². The zero-order valence-electron chi connectivity index (χ0n) is 42.2. The van der Waals surface area contributed by atoms with Crippen molar-refractivity contribution in [1.82, 2.24) is 0 Å². The summed E-state index contributed by atoms with van der Waals surface area (Å²) in [7, 11) is 0. The van der Waals surface area contributed by atoms with Crippen molar-refractivity contribution >= 4 is 126 Å². The molecule has 0 unspecified atom stereocenters. The van der Waals surface area contributed by atoms with Crippen LogP contribution in [0.5, 0.6) is 11.5 Å². The smallest absolute Gasteiger partial charge is 0.256 e. The summed E-state index contributed by atoms with van der Waals surface area (Å²) >= 11 is 0. The van der Waals surface area contributed by atoms with Crippen LogP contribution in [0.2, 0.25) is 0 Å². The van der Waals surface area contributed by atoms with Crippen molar-refractivity contribution in [3.63, 3.8) is 0 Å². The number of fused-ring (bicyclic) bond motifs is 9. The molecule has 0 fully saturated rings. The van der Waals surface area contributed by atoms with Crippen LogP contribution >= 0.6 is 0 Å². The van der Waals surface area contributed by atoms with Gasteiger partial charge in [0.25, 0.3) is 13.4 Å². The Labute approximate surface area is 450 Å². The number of benzene rings is 11. The highest BCUT2D eigenvalue weighted by Gasteiger charge is 2.50. The Balaban J connectivity index is 0.998. The number of ether oxygens (including phenoxy) is 1. The maximum absolute atomic E-state index is 7.22. The molecule has 0 aliphatic carbocycles. The molecule has 5 aliphatic heterocycles. The van der Waals surface area contributed by atoms with E-state index in [0.717, 1.165) is 82.1 Å². The Bertz CT molecular complexity index is 4010. The van der Waals surface area contributed by atoms with Crippen molar-refractivity contribution in [2.24, 2.45) is 0 Å². The van der Waals surface area contributed by atoms with Gasteiger partial charge >= 0.3 is 0 Å². The minimum absolute atomic E-state index is 0.0469. The van der Waals surface area contributed by atoms with Crippen LogP contribution in [0, 0.1) is 0 Å². The van der Waals surface area contributed by atoms with Gasteiger partial charge in [0.2, 0.25) is 0 Å². The van der Waals surface area contributed by atoms with Gasteiger partial charge in [0.15, 0.2) is 0 Å². The van der Waals surface area contributed by atoms with E-state index in [1.54, 1.807) is 0 Å². The van der Waals surface area contributed by atoms with Crippen molar-refractivity contribution in [1.29, 1.82) is 0 Å². The lowest BCUT2D eigenvalue weighted by molar-refractivity contribution is 0.487. The van der Waals surface area contributed by atoms with Gasteiger partial charge in [0.1, 0.15) is 11.5 Å². The molecule has 0 atom stereocenters. The van der Waals surface area contributed by atoms with Crippen molar-refractivity contribution in [3.8, 4) is 11.5 Å². The molecule has 6 nitrogen and oxygen atoms in total. The van der Waals surface area contributed by atoms with Crippen molar-refractivity contribution in [2.45, 2.75) is 12.8 Å². The highest BCUT2D eigenvalue weighted by molar-refractivity contribution is 7.02. The van der Waals surface area contributed by atoms with Crippen LogP contribution in [-0.2, 0) is 6.42 Å². The molecule has 11 aromatic carbocycles. The molecule has 0 amide bonds. The van der Waals surface area contributed by atoms with E-state index in [1.807, 2.05) is 0 Å². The molecule has 0 saturated carbocycles. The van der Waals surface area contributed by atoms with E-state index in [1.165, 1.54) is 66.8 Å². The standard InChI is InChI=1S/C69H49B2N5O/c1-7-24-47(25-8-1)73(48-26-9-2-10-27-48)53-42-61-66-62(43-53)75(51-32-15-5-16-33-51)60-39-21-19-37-56(60)70(66)58-46-59-69(55-36-23-41-72(61)68(55)58)76(52-34-17-6-18-35-52)63-44-54(45-65-67(63)71(59)57-38-20-22-40-64(57)77-65)74(49-28-11-3-12-29-49)50-30-13-4-14-31-50/h1-22,24-35,37-40,42-46H,23,36,41H2. The molecule has 77 heavy (non-hydrogen) atoms. The first kappa shape index (κ1) is 43.7. The van der Waals surface area contributed by atoms with Crippen molar-refractivity contribution in [3.05, 3.63) is 266 Å². The summed E-state index contributed by atoms with van der Waals surface area (Å²) in [5.74, 6) is 1.77. The van der Waals surface area contributed by atoms with Crippen LogP contribution in [0.1, 0.15) is 12.0 Å². The van der Waals surface area contributed by atoms with Crippen LogP contribution in [0.3, 0.4) is 0 Å². The molecule has 0 aromatic heterocycles. The van der Waals surface area contributed by atoms with E-state index >= 15 is 0 Å². The van der Waals surface area contributed by atoms with Crippen LogP contribution < -0.4 is 62.0 Å². The Morgan fingerprint density at radius 1 is 0.338 bits per heavy atom. The van der Waals surface area contributed by atoms with Gasteiger partial charge in [-0.25, -0.2) is 0 Å². The minimum atomic E-state index is -0.0963. The molecule has 0 saturated heterocycles. The topological polar surface area (TPSA) is 25.4 Å². The number of nitrogens with zero attached hydrogens (tertiary/aromatic N) is 5. The van der Waals surface area contributed by atoms with E-state index < -0.39 is 0 Å². The van der Waals surface area contributed by atoms with Crippen LogP contribution in [0.4, 0.5) is 79.6 Å². The molecular weight excluding hydrogens is 936 g/mol. The number of hydrogen-bond donors (Lipinski definition) is 0. The Kier molecular flexibility index (Phi) is 9.92. The SMILES string of the molecule is c1ccc(N(c2ccccc2)c2cc3c4c(c2)N(c2ccccc2)c2c(cc5c6c2CCCN6c2cc(N(c6ccccc6)c6ccccc6)cc6c2B5c2ccccc2N6c2ccccc2)B4c2ccccc2O3)cc1. The van der Waals surface area contributed by atoms with Crippen LogP contribution in [0.15, 0.2) is 261 Å². The average Bonchev–Trinajstić information content (AvgIpc) is 3.54. The maximum atomic E-state index is 7.22. The zero-order chi connectivity index (χ0) is 50.6. The van der Waals surface area contributed by atoms with E-state index in [0.29, 0.717) is 0 Å². The maximum Gasteiger partial charge on any atom is 0.256 e. The molecule has 5 heterocycles. The predicted octanol–water partition coefficient (Wildman–Crippen LogP) is 13.7. The molecule has 11 aromatic rings. The fourth-order valence-corrected chi connectivity index (χ4v) is 13.5. The van der Waals surface area contributed by atoms with Gasteiger partial charge in [-0.1, -0.05) is 152 Å². The Hall–Kier alpha value is -9.65. The highest BCUT2D eigenvalue weighted by atomic mass is 16.5. The summed E-state index contributed by atoms with van der Waals surface area (Å²) in [4.78, 5) is 12.6. The first-order chi connectivity index (χ1) is 38.2. The summed E-state index contributed by atoms with van der Waals surface area (Å²) < 4.78 is 7.22. The highest BCUT2D eigenvalue weighted by Crippen LogP contribution is 2.52. The molecule has 362 valence electrons. The molecular formula is C69H49B2N5O. The molecule has 0 spiro atoms. The second-order valence-electron chi connectivity index (χ2n) is 20.7. The molecule has 0 N–H and O–H groups in total. The van der Waals surface area contributed by atoms with E-state index in [-0.39, 0.29) is 13.4 Å². The number of rotatable bonds is 8. The van der Waals surface area contributed by atoms with Gasteiger partial charge < -0.3 is 29.2 Å². The Morgan fingerprint density at radius 2 is 0.792 bits per heavy atom. The second kappa shape index (κ2) is 17.5. The summed E-state index contributed by atoms with van der Waals surface area (Å²) in [5, 5.41) is 0. The zero-order valence-corrected chi connectivity index (χ0v) is 42.2. The first-order valence-electron chi connectivity index (χ1n) is 26.9. The summed E-state index contributed by atoms with van der Waals surface area (Å²) in [6.07, 6.45) is 1.93. The third-order valence-electron chi connectivity index (χ3n) is 16.5. The number of hydrogen-bond acceptors (Lipinski definition) is 6. The molecule has 16 rings (SSSR count). The third-order valence-corrected chi connectivity index (χ3v) is 16.5. The van der Waals surface area contributed by atoms with E-state index in [4.69, 9.17) is 4.74 Å².